The Morgan fingerprint density at radius 3 is 2.33 bits per heavy atom. The van der Waals surface area contributed by atoms with E-state index in [0.29, 0.717) is 5.69 Å². The zero-order valence-electron chi connectivity index (χ0n) is 13.2. The number of hydrogen-bond donors (Lipinski definition) is 4. The summed E-state index contributed by atoms with van der Waals surface area (Å²) in [6.45, 7) is 5.81. The highest BCUT2D eigenvalue weighted by molar-refractivity contribution is 7.86. The topological polar surface area (TPSA) is 143 Å². The third kappa shape index (κ3) is 4.91. The van der Waals surface area contributed by atoms with E-state index < -0.39 is 10.1 Å². The van der Waals surface area contributed by atoms with Crippen molar-refractivity contribution in [2.45, 2.75) is 31.2 Å². The van der Waals surface area contributed by atoms with Crippen LogP contribution < -0.4 is 16.4 Å². The van der Waals surface area contributed by atoms with Gasteiger partial charge in [-0.15, -0.1) is 0 Å². The molecule has 130 valence electrons. The smallest absolute Gasteiger partial charge is 0.296 e. The molecule has 24 heavy (non-hydrogen) atoms. The molecular formula is C13H17ClN6O3S. The molecule has 2 aromatic rings. The van der Waals surface area contributed by atoms with Crippen molar-refractivity contribution < 1.29 is 13.0 Å². The fourth-order valence-corrected chi connectivity index (χ4v) is 2.54. The third-order valence-electron chi connectivity index (χ3n) is 2.64. The van der Waals surface area contributed by atoms with Gasteiger partial charge < -0.3 is 16.4 Å². The first kappa shape index (κ1) is 18.2. The lowest BCUT2D eigenvalue weighted by atomic mass is 10.1. The molecule has 11 heteroatoms. The molecule has 0 radical (unpaired) electrons. The summed E-state index contributed by atoms with van der Waals surface area (Å²) >= 11 is 5.88. The summed E-state index contributed by atoms with van der Waals surface area (Å²) in [5.74, 6) is 0.438. The maximum absolute atomic E-state index is 11.1. The Morgan fingerprint density at radius 1 is 1.17 bits per heavy atom. The van der Waals surface area contributed by atoms with E-state index >= 15 is 0 Å². The summed E-state index contributed by atoms with van der Waals surface area (Å²) < 4.78 is 31.3. The average molecular weight is 373 g/mol. The number of anilines is 4. The number of nitrogens with one attached hydrogen (secondary N) is 2. The molecule has 2 rings (SSSR count). The largest absolute Gasteiger partial charge is 0.398 e. The van der Waals surface area contributed by atoms with Crippen LogP contribution in [0.15, 0.2) is 23.1 Å². The number of hydrogen-bond acceptors (Lipinski definition) is 8. The van der Waals surface area contributed by atoms with Crippen molar-refractivity contribution in [1.29, 1.82) is 0 Å². The minimum absolute atomic E-state index is 0.0122. The van der Waals surface area contributed by atoms with Gasteiger partial charge in [0.2, 0.25) is 17.2 Å². The van der Waals surface area contributed by atoms with Gasteiger partial charge in [-0.25, -0.2) is 0 Å². The Balaban J connectivity index is 2.30. The Kier molecular flexibility index (Phi) is 4.83. The first-order chi connectivity index (χ1) is 10.9. The van der Waals surface area contributed by atoms with Gasteiger partial charge in [0, 0.05) is 11.2 Å². The fraction of sp³-hybridized carbons (Fsp3) is 0.308. The zero-order valence-corrected chi connectivity index (χ0v) is 14.8. The van der Waals surface area contributed by atoms with Crippen molar-refractivity contribution in [1.82, 2.24) is 15.0 Å². The van der Waals surface area contributed by atoms with Crippen molar-refractivity contribution >= 4 is 45.0 Å². The molecule has 0 unspecified atom stereocenters. The summed E-state index contributed by atoms with van der Waals surface area (Å²) in [6, 6.07) is 3.91. The normalized spacial score (nSPS) is 12.0. The lowest BCUT2D eigenvalue weighted by molar-refractivity contribution is 0.483. The molecule has 0 atom stereocenters. The number of nitrogens with two attached hydrogens (primary N) is 1. The predicted molar refractivity (Wildman–Crippen MR) is 92.2 cm³/mol. The summed E-state index contributed by atoms with van der Waals surface area (Å²) in [6.07, 6.45) is 0. The van der Waals surface area contributed by atoms with Gasteiger partial charge in [0.15, 0.2) is 0 Å². The van der Waals surface area contributed by atoms with Crippen LogP contribution in [0.3, 0.4) is 0 Å². The molecular weight excluding hydrogens is 356 g/mol. The minimum Gasteiger partial charge on any atom is -0.398 e. The van der Waals surface area contributed by atoms with Gasteiger partial charge in [-0.3, -0.25) is 4.55 Å². The van der Waals surface area contributed by atoms with Crippen LogP contribution in [0, 0.1) is 0 Å². The SMILES string of the molecule is CC(C)(C)Nc1nc(Cl)nc(Nc2ccc(S(=O)(=O)O)c(N)c2)n1. The molecule has 1 heterocycles. The number of aromatic nitrogens is 3. The molecule has 5 N–H and O–H groups in total. The van der Waals surface area contributed by atoms with Gasteiger partial charge in [-0.1, -0.05) is 0 Å². The number of nitrogens with zero attached hydrogens (tertiary/aromatic N) is 3. The number of rotatable bonds is 4. The maximum atomic E-state index is 11.1. The van der Waals surface area contributed by atoms with Crippen LogP contribution >= 0.6 is 11.6 Å². The van der Waals surface area contributed by atoms with Gasteiger partial charge in [0.05, 0.1) is 5.69 Å². The van der Waals surface area contributed by atoms with Crippen molar-refractivity contribution in [3.8, 4) is 0 Å². The maximum Gasteiger partial charge on any atom is 0.296 e. The van der Waals surface area contributed by atoms with E-state index in [-0.39, 0.29) is 33.3 Å². The Hall–Kier alpha value is -2.17. The third-order valence-corrected chi connectivity index (χ3v) is 3.74. The molecule has 0 aliphatic heterocycles. The average Bonchev–Trinajstić information content (AvgIpc) is 2.33. The van der Waals surface area contributed by atoms with E-state index in [0.717, 1.165) is 0 Å². The molecule has 9 nitrogen and oxygen atoms in total. The molecule has 0 saturated carbocycles. The summed E-state index contributed by atoms with van der Waals surface area (Å²) in [4.78, 5) is 11.7. The quantitative estimate of drug-likeness (QED) is 0.469. The van der Waals surface area contributed by atoms with Crippen LogP contribution in [0.2, 0.25) is 5.28 Å². The number of benzene rings is 1. The monoisotopic (exact) mass is 372 g/mol. The summed E-state index contributed by atoms with van der Waals surface area (Å²) in [7, 11) is -4.38. The molecule has 0 fully saturated rings. The second kappa shape index (κ2) is 6.38. The van der Waals surface area contributed by atoms with Gasteiger partial charge >= 0.3 is 0 Å². The predicted octanol–water partition coefficient (Wildman–Crippen LogP) is 2.31. The van der Waals surface area contributed by atoms with Gasteiger partial charge in [0.25, 0.3) is 10.1 Å². The van der Waals surface area contributed by atoms with Crippen molar-refractivity contribution in [2.75, 3.05) is 16.4 Å². The molecule has 0 spiro atoms. The van der Waals surface area contributed by atoms with Crippen molar-refractivity contribution in [3.63, 3.8) is 0 Å². The summed E-state index contributed by atoms with van der Waals surface area (Å²) in [5, 5.41) is 5.90. The van der Waals surface area contributed by atoms with E-state index in [1.54, 1.807) is 0 Å². The lowest BCUT2D eigenvalue weighted by Crippen LogP contribution is -2.27. The van der Waals surface area contributed by atoms with E-state index in [4.69, 9.17) is 21.9 Å². The van der Waals surface area contributed by atoms with Gasteiger partial charge in [-0.05, 0) is 50.6 Å². The van der Waals surface area contributed by atoms with Crippen LogP contribution in [0.4, 0.5) is 23.3 Å². The van der Waals surface area contributed by atoms with E-state index in [2.05, 4.69) is 25.6 Å². The number of halogens is 1. The highest BCUT2D eigenvalue weighted by Gasteiger charge is 2.16. The van der Waals surface area contributed by atoms with Gasteiger partial charge in [-0.2, -0.15) is 23.4 Å². The molecule has 1 aromatic carbocycles. The Bertz CT molecular complexity index is 866. The highest BCUT2D eigenvalue weighted by atomic mass is 35.5. The van der Waals surface area contributed by atoms with Crippen molar-refractivity contribution in [2.24, 2.45) is 0 Å². The first-order valence-electron chi connectivity index (χ1n) is 6.78. The van der Waals surface area contributed by atoms with E-state index in [1.165, 1.54) is 18.2 Å². The van der Waals surface area contributed by atoms with E-state index in [9.17, 15) is 8.42 Å². The molecule has 0 aliphatic carbocycles. The summed E-state index contributed by atoms with van der Waals surface area (Å²) in [5.41, 5.74) is 5.66. The Labute approximate surface area is 144 Å². The highest BCUT2D eigenvalue weighted by Crippen LogP contribution is 2.24. The molecule has 0 aliphatic rings. The lowest BCUT2D eigenvalue weighted by Gasteiger charge is -2.20. The number of nitrogen functional groups attached to an aromatic ring is 1. The molecule has 0 saturated heterocycles. The van der Waals surface area contributed by atoms with Crippen LogP contribution in [0.25, 0.3) is 0 Å². The van der Waals surface area contributed by atoms with Crippen LogP contribution in [-0.2, 0) is 10.1 Å². The molecule has 0 bridgehead atoms. The zero-order chi connectivity index (χ0) is 18.1. The van der Waals surface area contributed by atoms with Gasteiger partial charge in [0.1, 0.15) is 4.90 Å². The van der Waals surface area contributed by atoms with Crippen LogP contribution in [0.1, 0.15) is 20.8 Å². The minimum atomic E-state index is -4.38. The van der Waals surface area contributed by atoms with Crippen LogP contribution in [0.5, 0.6) is 0 Å². The molecule has 0 amide bonds. The standard InChI is InChI=1S/C13H17ClN6O3S/c1-13(2,3)20-12-18-10(14)17-11(19-12)16-7-4-5-9(8(15)6-7)24(21,22)23/h4-6H,15H2,1-3H3,(H,21,22,23)(H2,16,17,18,19,20). The molecule has 1 aromatic heterocycles. The van der Waals surface area contributed by atoms with Crippen molar-refractivity contribution in [3.05, 3.63) is 23.5 Å². The second-order valence-corrected chi connectivity index (χ2v) is 7.71. The fourth-order valence-electron chi connectivity index (χ4n) is 1.79. The van der Waals surface area contributed by atoms with E-state index in [1.807, 2.05) is 20.8 Å². The van der Waals surface area contributed by atoms with Crippen LogP contribution in [-0.4, -0.2) is 33.5 Å². The first-order valence-corrected chi connectivity index (χ1v) is 8.60. The second-order valence-electron chi connectivity index (χ2n) is 5.98. The Morgan fingerprint density at radius 2 is 1.79 bits per heavy atom.